The molecular weight excluding hydrogens is 269 g/mol. The van der Waals surface area contributed by atoms with Crippen molar-refractivity contribution in [2.45, 2.75) is 38.8 Å². The van der Waals surface area contributed by atoms with Crippen molar-refractivity contribution in [3.05, 3.63) is 33.8 Å². The molecule has 1 atom stereocenters. The van der Waals surface area contributed by atoms with Crippen molar-refractivity contribution >= 4 is 23.2 Å². The smallest absolute Gasteiger partial charge is 0.0634 e. The van der Waals surface area contributed by atoms with Crippen molar-refractivity contribution in [2.75, 3.05) is 13.7 Å². The van der Waals surface area contributed by atoms with E-state index in [1.54, 1.807) is 13.2 Å². The first kappa shape index (κ1) is 15.8. The lowest BCUT2D eigenvalue weighted by Crippen LogP contribution is -2.30. The molecule has 1 unspecified atom stereocenters. The van der Waals surface area contributed by atoms with Crippen LogP contribution in [0.25, 0.3) is 0 Å². The molecule has 0 saturated carbocycles. The van der Waals surface area contributed by atoms with Crippen LogP contribution in [0, 0.1) is 0 Å². The Morgan fingerprint density at radius 1 is 1.33 bits per heavy atom. The molecular formula is C14H21Cl2NO. The summed E-state index contributed by atoms with van der Waals surface area (Å²) in [5, 5.41) is 4.81. The molecule has 0 aliphatic rings. The fraction of sp³-hybridized carbons (Fsp3) is 0.571. The van der Waals surface area contributed by atoms with E-state index < -0.39 is 0 Å². The Balaban J connectivity index is 2.53. The van der Waals surface area contributed by atoms with Crippen LogP contribution >= 0.6 is 23.2 Å². The van der Waals surface area contributed by atoms with Gasteiger partial charge in [0.05, 0.1) is 5.60 Å². The second-order valence-electron chi connectivity index (χ2n) is 5.06. The van der Waals surface area contributed by atoms with Crippen LogP contribution in [0.4, 0.5) is 0 Å². The van der Waals surface area contributed by atoms with Gasteiger partial charge in [0.2, 0.25) is 0 Å². The maximum Gasteiger partial charge on any atom is 0.0634 e. The minimum Gasteiger partial charge on any atom is -0.379 e. The number of nitrogens with one attached hydrogen (secondary N) is 1. The topological polar surface area (TPSA) is 21.3 Å². The number of halogens is 2. The molecule has 0 aliphatic heterocycles. The van der Waals surface area contributed by atoms with E-state index in [1.807, 2.05) is 12.1 Å². The molecule has 0 spiro atoms. The average molecular weight is 290 g/mol. The van der Waals surface area contributed by atoms with E-state index in [0.717, 1.165) is 18.5 Å². The number of hydrogen-bond acceptors (Lipinski definition) is 2. The van der Waals surface area contributed by atoms with E-state index in [-0.39, 0.29) is 11.6 Å². The summed E-state index contributed by atoms with van der Waals surface area (Å²) < 4.78 is 5.38. The molecule has 0 bridgehead atoms. The molecule has 1 rings (SSSR count). The molecule has 0 radical (unpaired) electrons. The van der Waals surface area contributed by atoms with Gasteiger partial charge in [-0.1, -0.05) is 29.3 Å². The highest BCUT2D eigenvalue weighted by atomic mass is 35.5. The van der Waals surface area contributed by atoms with Gasteiger partial charge in [-0.2, -0.15) is 0 Å². The van der Waals surface area contributed by atoms with Gasteiger partial charge in [0.25, 0.3) is 0 Å². The van der Waals surface area contributed by atoms with Gasteiger partial charge in [0, 0.05) is 23.2 Å². The molecule has 4 heteroatoms. The number of hydrogen-bond donors (Lipinski definition) is 1. The first-order valence-corrected chi connectivity index (χ1v) is 6.85. The summed E-state index contributed by atoms with van der Waals surface area (Å²) >= 11 is 12.1. The highest BCUT2D eigenvalue weighted by molar-refractivity contribution is 6.35. The molecule has 2 nitrogen and oxygen atoms in total. The molecule has 18 heavy (non-hydrogen) atoms. The molecule has 0 saturated heterocycles. The van der Waals surface area contributed by atoms with Crippen molar-refractivity contribution in [2.24, 2.45) is 0 Å². The minimum atomic E-state index is -0.101. The standard InChI is InChI=1S/C14H21Cl2NO/c1-10(17-8-7-14(2,3)18-4)12-6-5-11(15)9-13(12)16/h5-6,9-10,17H,7-8H2,1-4H3. The van der Waals surface area contributed by atoms with E-state index in [1.165, 1.54) is 0 Å². The van der Waals surface area contributed by atoms with Crippen LogP contribution in [0.15, 0.2) is 18.2 Å². The fourth-order valence-electron chi connectivity index (χ4n) is 1.65. The predicted octanol–water partition coefficient (Wildman–Crippen LogP) is 4.46. The van der Waals surface area contributed by atoms with Crippen molar-refractivity contribution in [3.63, 3.8) is 0 Å². The fourth-order valence-corrected chi connectivity index (χ4v) is 2.23. The summed E-state index contributed by atoms with van der Waals surface area (Å²) in [5.41, 5.74) is 0.965. The van der Waals surface area contributed by atoms with Crippen LogP contribution < -0.4 is 5.32 Å². The van der Waals surface area contributed by atoms with Gasteiger partial charge in [-0.25, -0.2) is 0 Å². The molecule has 1 aromatic carbocycles. The van der Waals surface area contributed by atoms with Gasteiger partial charge in [-0.05, 0) is 51.4 Å². The summed E-state index contributed by atoms with van der Waals surface area (Å²) in [6, 6.07) is 5.79. The van der Waals surface area contributed by atoms with Crippen LogP contribution in [-0.2, 0) is 4.74 Å². The summed E-state index contributed by atoms with van der Waals surface area (Å²) in [6.45, 7) is 7.12. The van der Waals surface area contributed by atoms with Gasteiger partial charge in [-0.3, -0.25) is 0 Å². The number of methoxy groups -OCH3 is 1. The van der Waals surface area contributed by atoms with E-state index in [4.69, 9.17) is 27.9 Å². The lowest BCUT2D eigenvalue weighted by molar-refractivity contribution is 0.0154. The normalized spacial score (nSPS) is 13.7. The third-order valence-corrected chi connectivity index (χ3v) is 3.72. The third kappa shape index (κ3) is 4.77. The lowest BCUT2D eigenvalue weighted by atomic mass is 10.0. The molecule has 102 valence electrons. The molecule has 0 aliphatic carbocycles. The zero-order valence-electron chi connectivity index (χ0n) is 11.4. The number of benzene rings is 1. The Bertz CT molecular complexity index is 393. The number of rotatable bonds is 6. The summed E-state index contributed by atoms with van der Waals surface area (Å²) in [6.07, 6.45) is 0.944. The van der Waals surface area contributed by atoms with Gasteiger partial charge < -0.3 is 10.1 Å². The van der Waals surface area contributed by atoms with Crippen molar-refractivity contribution in [1.29, 1.82) is 0 Å². The molecule has 1 aromatic rings. The zero-order valence-corrected chi connectivity index (χ0v) is 12.9. The van der Waals surface area contributed by atoms with E-state index in [2.05, 4.69) is 26.1 Å². The Kier molecular flexibility index (Phi) is 5.93. The van der Waals surface area contributed by atoms with Gasteiger partial charge in [0.15, 0.2) is 0 Å². The zero-order chi connectivity index (χ0) is 13.8. The Labute approximate surface area is 120 Å². The first-order valence-electron chi connectivity index (χ1n) is 6.09. The van der Waals surface area contributed by atoms with Gasteiger partial charge in [-0.15, -0.1) is 0 Å². The van der Waals surface area contributed by atoms with Crippen molar-refractivity contribution in [1.82, 2.24) is 5.32 Å². The van der Waals surface area contributed by atoms with E-state index in [0.29, 0.717) is 10.0 Å². The highest BCUT2D eigenvalue weighted by Gasteiger charge is 2.16. The quantitative estimate of drug-likeness (QED) is 0.835. The molecule has 0 fully saturated rings. The molecule has 1 N–H and O–H groups in total. The molecule has 0 amide bonds. The predicted molar refractivity (Wildman–Crippen MR) is 78.6 cm³/mol. The Morgan fingerprint density at radius 3 is 2.56 bits per heavy atom. The minimum absolute atomic E-state index is 0.101. The average Bonchev–Trinajstić information content (AvgIpc) is 2.28. The third-order valence-electron chi connectivity index (χ3n) is 3.16. The van der Waals surface area contributed by atoms with E-state index >= 15 is 0 Å². The van der Waals surface area contributed by atoms with Crippen LogP contribution in [0.1, 0.15) is 38.8 Å². The summed E-state index contributed by atoms with van der Waals surface area (Å²) in [7, 11) is 1.74. The Morgan fingerprint density at radius 2 is 2.00 bits per heavy atom. The monoisotopic (exact) mass is 289 g/mol. The lowest BCUT2D eigenvalue weighted by Gasteiger charge is -2.24. The number of ether oxygens (including phenoxy) is 1. The van der Waals surface area contributed by atoms with Crippen LogP contribution in [-0.4, -0.2) is 19.3 Å². The maximum atomic E-state index is 6.17. The molecule has 0 aromatic heterocycles. The highest BCUT2D eigenvalue weighted by Crippen LogP contribution is 2.26. The largest absolute Gasteiger partial charge is 0.379 e. The van der Waals surface area contributed by atoms with Crippen LogP contribution in [0.3, 0.4) is 0 Å². The van der Waals surface area contributed by atoms with Gasteiger partial charge in [0.1, 0.15) is 0 Å². The van der Waals surface area contributed by atoms with Crippen LogP contribution in [0.2, 0.25) is 10.0 Å². The van der Waals surface area contributed by atoms with Crippen molar-refractivity contribution in [3.8, 4) is 0 Å². The van der Waals surface area contributed by atoms with Crippen molar-refractivity contribution < 1.29 is 4.74 Å². The second kappa shape index (κ2) is 6.76. The SMILES string of the molecule is COC(C)(C)CCNC(C)c1ccc(Cl)cc1Cl. The first-order chi connectivity index (χ1) is 8.35. The summed E-state index contributed by atoms with van der Waals surface area (Å²) in [4.78, 5) is 0. The second-order valence-corrected chi connectivity index (χ2v) is 5.90. The molecule has 0 heterocycles. The van der Waals surface area contributed by atoms with E-state index in [9.17, 15) is 0 Å². The maximum absolute atomic E-state index is 6.17. The van der Waals surface area contributed by atoms with Crippen LogP contribution in [0.5, 0.6) is 0 Å². The summed E-state index contributed by atoms with van der Waals surface area (Å²) in [5.74, 6) is 0. The van der Waals surface area contributed by atoms with Gasteiger partial charge >= 0.3 is 0 Å². The Hall–Kier alpha value is -0.280.